The van der Waals surface area contributed by atoms with Gasteiger partial charge in [0.2, 0.25) is 5.91 Å². The van der Waals surface area contributed by atoms with Crippen molar-refractivity contribution in [2.75, 3.05) is 0 Å². The number of hydrogen-bond donors (Lipinski definition) is 1. The molecule has 1 aromatic carbocycles. The van der Waals surface area contributed by atoms with Crippen LogP contribution in [0.1, 0.15) is 43.0 Å². The molecule has 2 heteroatoms. The Morgan fingerprint density at radius 1 is 1.19 bits per heavy atom. The van der Waals surface area contributed by atoms with Crippen LogP contribution < -0.4 is 5.73 Å². The van der Waals surface area contributed by atoms with Gasteiger partial charge >= 0.3 is 0 Å². The first-order chi connectivity index (χ1) is 7.21. The molecule has 0 spiro atoms. The molecule has 0 radical (unpaired) electrons. The van der Waals surface area contributed by atoms with Crippen molar-refractivity contribution in [3.63, 3.8) is 0 Å². The summed E-state index contributed by atoms with van der Waals surface area (Å²) in [5, 5.41) is 0. The van der Waals surface area contributed by atoms with Crippen LogP contribution in [0.3, 0.4) is 0 Å². The number of carbonyl (C=O) groups is 1. The number of rotatable bonds is 2. The molecule has 0 aliphatic rings. The van der Waals surface area contributed by atoms with Gasteiger partial charge in [-0.25, -0.2) is 0 Å². The molecule has 2 N–H and O–H groups in total. The van der Waals surface area contributed by atoms with Gasteiger partial charge in [0.1, 0.15) is 0 Å². The van der Waals surface area contributed by atoms with Crippen LogP contribution in [0.4, 0.5) is 0 Å². The zero-order valence-electron chi connectivity index (χ0n) is 10.8. The number of primary amides is 1. The van der Waals surface area contributed by atoms with Gasteiger partial charge in [-0.15, -0.1) is 0 Å². The van der Waals surface area contributed by atoms with Crippen LogP contribution in [-0.2, 0) is 16.6 Å². The molecule has 0 heterocycles. The summed E-state index contributed by atoms with van der Waals surface area (Å²) in [4.78, 5) is 11.0. The van der Waals surface area contributed by atoms with Crippen LogP contribution in [0.15, 0.2) is 12.1 Å². The molecular weight excluding hydrogens is 198 g/mol. The number of carbonyl (C=O) groups excluding carboxylic acids is 1. The molecule has 0 atom stereocenters. The van der Waals surface area contributed by atoms with Crippen molar-refractivity contribution in [3.8, 4) is 0 Å². The van der Waals surface area contributed by atoms with Crippen LogP contribution in [0.5, 0.6) is 0 Å². The second-order valence-electron chi connectivity index (χ2n) is 5.48. The van der Waals surface area contributed by atoms with E-state index < -0.39 is 0 Å². The molecule has 0 bridgehead atoms. The van der Waals surface area contributed by atoms with Crippen molar-refractivity contribution in [1.82, 2.24) is 0 Å². The van der Waals surface area contributed by atoms with Gasteiger partial charge in [0.25, 0.3) is 0 Å². The fraction of sp³-hybridized carbons (Fsp3) is 0.500. The molecule has 1 aromatic rings. The van der Waals surface area contributed by atoms with E-state index in [0.717, 1.165) is 16.7 Å². The number of nitrogens with two attached hydrogens (primary N) is 1. The van der Waals surface area contributed by atoms with Crippen LogP contribution in [0.2, 0.25) is 0 Å². The Hall–Kier alpha value is -1.31. The zero-order valence-corrected chi connectivity index (χ0v) is 10.8. The van der Waals surface area contributed by atoms with E-state index in [4.69, 9.17) is 5.73 Å². The lowest BCUT2D eigenvalue weighted by molar-refractivity contribution is -0.117. The minimum atomic E-state index is -0.269. The van der Waals surface area contributed by atoms with Gasteiger partial charge in [0.15, 0.2) is 0 Å². The smallest absolute Gasteiger partial charge is 0.221 e. The van der Waals surface area contributed by atoms with Gasteiger partial charge in [0.05, 0.1) is 6.42 Å². The second kappa shape index (κ2) is 4.28. The Balaban J connectivity index is 3.23. The Bertz CT molecular complexity index is 390. The molecule has 2 nitrogen and oxygen atoms in total. The van der Waals surface area contributed by atoms with Crippen molar-refractivity contribution in [3.05, 3.63) is 34.4 Å². The number of aryl methyl sites for hydroxylation is 2. The first-order valence-electron chi connectivity index (χ1n) is 5.60. The van der Waals surface area contributed by atoms with Gasteiger partial charge in [-0.2, -0.15) is 0 Å². The van der Waals surface area contributed by atoms with Crippen molar-refractivity contribution >= 4 is 5.91 Å². The quantitative estimate of drug-likeness (QED) is 0.816. The van der Waals surface area contributed by atoms with Gasteiger partial charge < -0.3 is 5.73 Å². The molecular formula is C14H21NO. The van der Waals surface area contributed by atoms with Crippen molar-refractivity contribution < 1.29 is 4.79 Å². The van der Waals surface area contributed by atoms with Gasteiger partial charge in [-0.1, -0.05) is 32.9 Å². The number of amides is 1. The van der Waals surface area contributed by atoms with Crippen molar-refractivity contribution in [2.45, 2.75) is 46.5 Å². The van der Waals surface area contributed by atoms with Gasteiger partial charge in [0, 0.05) is 0 Å². The van der Waals surface area contributed by atoms with E-state index >= 15 is 0 Å². The summed E-state index contributed by atoms with van der Waals surface area (Å²) in [6.07, 6.45) is 0.335. The minimum absolute atomic E-state index is 0.140. The van der Waals surface area contributed by atoms with Crippen molar-refractivity contribution in [2.24, 2.45) is 5.73 Å². The second-order valence-corrected chi connectivity index (χ2v) is 5.48. The number of hydrogen-bond acceptors (Lipinski definition) is 1. The topological polar surface area (TPSA) is 43.1 Å². The molecule has 0 saturated carbocycles. The Labute approximate surface area is 97.9 Å². The predicted molar refractivity (Wildman–Crippen MR) is 67.5 cm³/mol. The van der Waals surface area contributed by atoms with E-state index in [9.17, 15) is 4.79 Å². The summed E-state index contributed by atoms with van der Waals surface area (Å²) in [5.74, 6) is -0.269. The van der Waals surface area contributed by atoms with Crippen molar-refractivity contribution in [1.29, 1.82) is 0 Å². The summed E-state index contributed by atoms with van der Waals surface area (Å²) in [7, 11) is 0. The van der Waals surface area contributed by atoms with Crippen LogP contribution in [-0.4, -0.2) is 5.91 Å². The van der Waals surface area contributed by atoms with Gasteiger partial charge in [-0.05, 0) is 41.5 Å². The van der Waals surface area contributed by atoms with Gasteiger partial charge in [-0.3, -0.25) is 4.79 Å². The van der Waals surface area contributed by atoms with E-state index in [-0.39, 0.29) is 11.3 Å². The lowest BCUT2D eigenvalue weighted by Crippen LogP contribution is -2.17. The maximum atomic E-state index is 11.0. The third kappa shape index (κ3) is 2.84. The summed E-state index contributed by atoms with van der Waals surface area (Å²) >= 11 is 0. The Morgan fingerprint density at radius 3 is 1.94 bits per heavy atom. The van der Waals surface area contributed by atoms with Crippen LogP contribution >= 0.6 is 0 Å². The molecule has 1 rings (SSSR count). The molecule has 88 valence electrons. The summed E-state index contributed by atoms with van der Waals surface area (Å²) in [6, 6.07) is 4.32. The van der Waals surface area contributed by atoms with Crippen LogP contribution in [0, 0.1) is 13.8 Å². The Morgan fingerprint density at radius 2 is 1.62 bits per heavy atom. The average molecular weight is 219 g/mol. The fourth-order valence-corrected chi connectivity index (χ4v) is 1.88. The molecule has 0 aliphatic carbocycles. The lowest BCUT2D eigenvalue weighted by atomic mass is 9.83. The number of benzene rings is 1. The molecule has 0 aliphatic heterocycles. The molecule has 0 aromatic heterocycles. The highest BCUT2D eigenvalue weighted by Crippen LogP contribution is 2.26. The largest absolute Gasteiger partial charge is 0.369 e. The average Bonchev–Trinajstić information content (AvgIpc) is 2.09. The third-order valence-corrected chi connectivity index (χ3v) is 2.91. The maximum absolute atomic E-state index is 11.0. The van der Waals surface area contributed by atoms with E-state index in [1.54, 1.807) is 0 Å². The molecule has 0 fully saturated rings. The van der Waals surface area contributed by atoms with E-state index in [0.29, 0.717) is 6.42 Å². The SMILES string of the molecule is Cc1cc(C(C)(C)C)cc(C)c1CC(N)=O. The van der Waals surface area contributed by atoms with E-state index in [1.807, 2.05) is 13.8 Å². The molecule has 0 saturated heterocycles. The normalized spacial score (nSPS) is 11.6. The highest BCUT2D eigenvalue weighted by molar-refractivity contribution is 5.77. The fourth-order valence-electron chi connectivity index (χ4n) is 1.88. The van der Waals surface area contributed by atoms with Crippen LogP contribution in [0.25, 0.3) is 0 Å². The third-order valence-electron chi connectivity index (χ3n) is 2.91. The molecule has 16 heavy (non-hydrogen) atoms. The summed E-state index contributed by atoms with van der Waals surface area (Å²) < 4.78 is 0. The Kier molecular flexibility index (Phi) is 3.41. The first kappa shape index (κ1) is 12.8. The lowest BCUT2D eigenvalue weighted by Gasteiger charge is -2.22. The molecule has 1 amide bonds. The zero-order chi connectivity index (χ0) is 12.5. The van der Waals surface area contributed by atoms with E-state index in [2.05, 4.69) is 32.9 Å². The first-order valence-corrected chi connectivity index (χ1v) is 5.60. The molecule has 0 unspecified atom stereocenters. The highest BCUT2D eigenvalue weighted by atomic mass is 16.1. The summed E-state index contributed by atoms with van der Waals surface area (Å²) in [5.41, 5.74) is 10.1. The summed E-state index contributed by atoms with van der Waals surface area (Å²) in [6.45, 7) is 10.7. The van der Waals surface area contributed by atoms with E-state index in [1.165, 1.54) is 5.56 Å². The highest BCUT2D eigenvalue weighted by Gasteiger charge is 2.16. The maximum Gasteiger partial charge on any atom is 0.221 e. The minimum Gasteiger partial charge on any atom is -0.369 e. The standard InChI is InChI=1S/C14H21NO/c1-9-6-11(14(3,4)5)7-10(2)12(9)8-13(15)16/h6-7H,8H2,1-5H3,(H2,15,16). The predicted octanol–water partition coefficient (Wildman–Crippen LogP) is 2.63. The monoisotopic (exact) mass is 219 g/mol.